The number of primary amides is 1. The second-order valence-electron chi connectivity index (χ2n) is 8.84. The lowest BCUT2D eigenvalue weighted by Crippen LogP contribution is -2.30. The minimum absolute atomic E-state index is 0.0352. The first-order valence-electron chi connectivity index (χ1n) is 11.7. The van der Waals surface area contributed by atoms with Crippen molar-refractivity contribution in [3.63, 3.8) is 0 Å². The average Bonchev–Trinajstić information content (AvgIpc) is 3.41. The molecule has 1 heterocycles. The number of carbonyl (C=O) groups is 3. The van der Waals surface area contributed by atoms with Crippen molar-refractivity contribution in [3.05, 3.63) is 99.6 Å². The third kappa shape index (κ3) is 5.12. The van der Waals surface area contributed by atoms with Gasteiger partial charge in [0.1, 0.15) is 11.6 Å². The topological polar surface area (TPSA) is 137 Å². The zero-order valence-electron chi connectivity index (χ0n) is 20.0. The van der Waals surface area contributed by atoms with E-state index in [0.29, 0.717) is 46.5 Å². The lowest BCUT2D eigenvalue weighted by Gasteiger charge is -2.20. The Morgan fingerprint density at radius 1 is 0.972 bits per heavy atom. The summed E-state index contributed by atoms with van der Waals surface area (Å²) in [5.41, 5.74) is 8.80. The van der Waals surface area contributed by atoms with E-state index in [-0.39, 0.29) is 29.5 Å². The summed E-state index contributed by atoms with van der Waals surface area (Å²) < 4.78 is 0. The van der Waals surface area contributed by atoms with Gasteiger partial charge in [-0.05, 0) is 78.9 Å². The van der Waals surface area contributed by atoms with Crippen LogP contribution in [0.5, 0.6) is 5.75 Å². The van der Waals surface area contributed by atoms with Crippen molar-refractivity contribution in [2.24, 2.45) is 5.73 Å². The van der Waals surface area contributed by atoms with E-state index in [2.05, 4.69) is 5.32 Å². The fraction of sp³-hybridized carbons (Fsp3) is 0.214. The summed E-state index contributed by atoms with van der Waals surface area (Å²) in [6, 6.07) is 16.3. The van der Waals surface area contributed by atoms with Crippen LogP contribution in [0, 0.1) is 12.3 Å². The Morgan fingerprint density at radius 2 is 1.64 bits per heavy atom. The van der Waals surface area contributed by atoms with E-state index in [1.807, 2.05) is 0 Å². The minimum Gasteiger partial charge on any atom is -0.508 e. The maximum atomic E-state index is 13.1. The first-order valence-corrected chi connectivity index (χ1v) is 11.7. The number of aromatic hydroxyl groups is 1. The number of nitrogens with two attached hydrogens (primary N) is 1. The van der Waals surface area contributed by atoms with Gasteiger partial charge in [0.05, 0.1) is 0 Å². The molecule has 0 aliphatic carbocycles. The molecule has 3 aromatic rings. The fourth-order valence-electron chi connectivity index (χ4n) is 4.46. The summed E-state index contributed by atoms with van der Waals surface area (Å²) in [6.45, 7) is 3.17. The van der Waals surface area contributed by atoms with Crippen molar-refractivity contribution in [2.45, 2.75) is 26.2 Å². The van der Waals surface area contributed by atoms with Gasteiger partial charge in [-0.1, -0.05) is 18.2 Å². The Morgan fingerprint density at radius 3 is 2.31 bits per heavy atom. The molecule has 1 aliphatic rings. The molecule has 0 bridgehead atoms. The summed E-state index contributed by atoms with van der Waals surface area (Å²) in [4.78, 5) is 39.5. The molecule has 0 saturated carbocycles. The molecule has 0 spiro atoms. The van der Waals surface area contributed by atoms with Crippen LogP contribution >= 0.6 is 0 Å². The Balaban J connectivity index is 1.64. The Hall–Kier alpha value is -4.46. The number of rotatable bonds is 6. The molecule has 5 N–H and O–H groups in total. The highest BCUT2D eigenvalue weighted by molar-refractivity contribution is 6.11. The van der Waals surface area contributed by atoms with Crippen molar-refractivity contribution in [1.29, 1.82) is 5.41 Å². The number of nitrogens with zero attached hydrogens (tertiary/aromatic N) is 1. The number of amidine groups is 1. The van der Waals surface area contributed by atoms with Gasteiger partial charge in [0.15, 0.2) is 0 Å². The van der Waals surface area contributed by atoms with Crippen LogP contribution in [0.3, 0.4) is 0 Å². The number of phenolic OH excluding ortho intramolecular Hbond substituents is 1. The largest absolute Gasteiger partial charge is 0.508 e. The van der Waals surface area contributed by atoms with Gasteiger partial charge in [-0.2, -0.15) is 0 Å². The van der Waals surface area contributed by atoms with E-state index in [1.54, 1.807) is 60.4 Å². The highest BCUT2D eigenvalue weighted by atomic mass is 16.3. The summed E-state index contributed by atoms with van der Waals surface area (Å²) in [5.74, 6) is -1.31. The van der Waals surface area contributed by atoms with Gasteiger partial charge in [0.2, 0.25) is 5.91 Å². The molecule has 3 aromatic carbocycles. The van der Waals surface area contributed by atoms with Crippen LogP contribution in [-0.2, 0) is 6.42 Å². The zero-order chi connectivity index (χ0) is 25.8. The van der Waals surface area contributed by atoms with E-state index in [9.17, 15) is 19.5 Å². The van der Waals surface area contributed by atoms with Crippen molar-refractivity contribution < 1.29 is 19.5 Å². The number of benzene rings is 3. The van der Waals surface area contributed by atoms with E-state index >= 15 is 0 Å². The van der Waals surface area contributed by atoms with Gasteiger partial charge in [-0.15, -0.1) is 0 Å². The second-order valence-corrected chi connectivity index (χ2v) is 8.84. The maximum Gasteiger partial charge on any atom is 0.256 e. The third-order valence-electron chi connectivity index (χ3n) is 6.50. The van der Waals surface area contributed by atoms with Crippen molar-refractivity contribution in [3.8, 4) is 5.75 Å². The number of amides is 3. The monoisotopic (exact) mass is 484 g/mol. The molecule has 3 amide bonds. The number of likely N-dealkylation sites (tertiary alicyclic amines) is 1. The van der Waals surface area contributed by atoms with E-state index in [0.717, 1.165) is 12.8 Å². The van der Waals surface area contributed by atoms with Gasteiger partial charge >= 0.3 is 0 Å². The molecule has 0 unspecified atom stereocenters. The highest BCUT2D eigenvalue weighted by Crippen LogP contribution is 2.28. The average molecular weight is 485 g/mol. The Bertz CT molecular complexity index is 1350. The molecule has 36 heavy (non-hydrogen) atoms. The standard InChI is InChI=1S/C28H28N4O4/c1-17-21(28(36)32-13-5-6-14-32)10-11-22(26(30)34)23(17)16-20-15-19(9-12-24(20)33)25(29)31-27(35)18-7-3-2-4-8-18/h2-4,7-12,15,33H,5-6,13-14,16H2,1H3,(H2,30,34)(H2,29,31,35). The van der Waals surface area contributed by atoms with E-state index in [4.69, 9.17) is 11.1 Å². The molecule has 8 nitrogen and oxygen atoms in total. The van der Waals surface area contributed by atoms with Crippen molar-refractivity contribution in [1.82, 2.24) is 10.2 Å². The quantitative estimate of drug-likeness (QED) is 0.315. The number of hydrogen-bond donors (Lipinski definition) is 4. The normalized spacial score (nSPS) is 12.9. The molecule has 1 fully saturated rings. The van der Waals surface area contributed by atoms with E-state index in [1.165, 1.54) is 12.1 Å². The van der Waals surface area contributed by atoms with Gasteiger partial charge in [0, 0.05) is 41.8 Å². The summed E-state index contributed by atoms with van der Waals surface area (Å²) in [6.07, 6.45) is 2.04. The van der Waals surface area contributed by atoms with Crippen LogP contribution in [0.1, 0.15) is 66.2 Å². The third-order valence-corrected chi connectivity index (χ3v) is 6.50. The molecule has 4 rings (SSSR count). The Labute approximate surface area is 209 Å². The van der Waals surface area contributed by atoms with Gasteiger partial charge in [-0.3, -0.25) is 19.8 Å². The van der Waals surface area contributed by atoms with Crippen LogP contribution in [-0.4, -0.2) is 46.7 Å². The predicted molar refractivity (Wildman–Crippen MR) is 136 cm³/mol. The summed E-state index contributed by atoms with van der Waals surface area (Å²) in [5, 5.41) is 21.5. The molecule has 1 aliphatic heterocycles. The van der Waals surface area contributed by atoms with Crippen LogP contribution < -0.4 is 11.1 Å². The maximum absolute atomic E-state index is 13.1. The summed E-state index contributed by atoms with van der Waals surface area (Å²) >= 11 is 0. The Kier molecular flexibility index (Phi) is 7.15. The van der Waals surface area contributed by atoms with Gasteiger partial charge in [0.25, 0.3) is 11.8 Å². The van der Waals surface area contributed by atoms with Crippen LogP contribution in [0.15, 0.2) is 60.7 Å². The number of hydrogen-bond acceptors (Lipinski definition) is 5. The molecule has 1 saturated heterocycles. The number of phenols is 1. The number of carbonyl (C=O) groups excluding carboxylic acids is 3. The zero-order valence-corrected chi connectivity index (χ0v) is 20.0. The highest BCUT2D eigenvalue weighted by Gasteiger charge is 2.24. The second kappa shape index (κ2) is 10.4. The first kappa shape index (κ1) is 24.7. The van der Waals surface area contributed by atoms with Crippen LogP contribution in [0.4, 0.5) is 0 Å². The molecule has 184 valence electrons. The smallest absolute Gasteiger partial charge is 0.256 e. The molecule has 8 heteroatoms. The molecule has 0 radical (unpaired) electrons. The summed E-state index contributed by atoms with van der Waals surface area (Å²) in [7, 11) is 0. The lowest BCUT2D eigenvalue weighted by atomic mass is 9.90. The van der Waals surface area contributed by atoms with Crippen LogP contribution in [0.25, 0.3) is 0 Å². The SMILES string of the molecule is Cc1c(C(=O)N2CCCC2)ccc(C(N)=O)c1Cc1cc(C(=N)NC(=O)c2ccccc2)ccc1O. The predicted octanol–water partition coefficient (Wildman–Crippen LogP) is 3.38. The van der Waals surface area contributed by atoms with Crippen molar-refractivity contribution >= 4 is 23.6 Å². The minimum atomic E-state index is -0.633. The number of nitrogens with one attached hydrogen (secondary N) is 2. The molecule has 0 atom stereocenters. The molecular formula is C28H28N4O4. The van der Waals surface area contributed by atoms with Crippen LogP contribution in [0.2, 0.25) is 0 Å². The molecule has 0 aromatic heterocycles. The van der Waals surface area contributed by atoms with Gasteiger partial charge in [-0.25, -0.2) is 0 Å². The fourth-order valence-corrected chi connectivity index (χ4v) is 4.46. The van der Waals surface area contributed by atoms with Crippen molar-refractivity contribution in [2.75, 3.05) is 13.1 Å². The van der Waals surface area contributed by atoms with Gasteiger partial charge < -0.3 is 21.1 Å². The molecular weight excluding hydrogens is 456 g/mol. The van der Waals surface area contributed by atoms with E-state index < -0.39 is 11.8 Å². The lowest BCUT2D eigenvalue weighted by molar-refractivity contribution is 0.0791. The first-order chi connectivity index (χ1) is 17.3.